The van der Waals surface area contributed by atoms with E-state index < -0.39 is 30.9 Å². The summed E-state index contributed by atoms with van der Waals surface area (Å²) >= 11 is 0. The van der Waals surface area contributed by atoms with Crippen LogP contribution in [0.2, 0.25) is 25.7 Å². The molecule has 0 radical (unpaired) electrons. The normalized spacial score (nSPS) is 13.9. The average molecular weight is 687 g/mol. The molecule has 0 aliphatic carbocycles. The van der Waals surface area contributed by atoms with Crippen molar-refractivity contribution >= 4 is 24.9 Å². The molecule has 2 aromatic carbocycles. The van der Waals surface area contributed by atoms with Gasteiger partial charge in [-0.15, -0.1) is 0 Å². The molecule has 1 aliphatic rings. The van der Waals surface area contributed by atoms with Gasteiger partial charge in [-0.25, -0.2) is 13.8 Å². The third-order valence-electron chi connectivity index (χ3n) is 8.27. The highest BCUT2D eigenvalue weighted by molar-refractivity contribution is 6.76. The van der Waals surface area contributed by atoms with Crippen LogP contribution in [0.3, 0.4) is 0 Å². The van der Waals surface area contributed by atoms with Crippen LogP contribution in [0.25, 0.3) is 22.2 Å². The first-order valence-electron chi connectivity index (χ1n) is 16.2. The van der Waals surface area contributed by atoms with Crippen molar-refractivity contribution in [3.05, 3.63) is 71.6 Å². The molecule has 0 bridgehead atoms. The SMILES string of the molecule is CC(C)Oc1ccc(-c2cn(COCC[Si](C)(C)C)c3nccc(Oc4c(F)cc(CC(=O)CCC5(C#N)COC5)cc4F)c23)cc1C#N. The molecule has 1 aliphatic heterocycles. The molecule has 49 heavy (non-hydrogen) atoms. The second-order valence-corrected chi connectivity index (χ2v) is 19.6. The van der Waals surface area contributed by atoms with E-state index >= 15 is 8.78 Å². The summed E-state index contributed by atoms with van der Waals surface area (Å²) in [6.45, 7) is 11.9. The number of nitriles is 2. The Bertz CT molecular complexity index is 1910. The summed E-state index contributed by atoms with van der Waals surface area (Å²) in [7, 11) is -1.33. The van der Waals surface area contributed by atoms with Crippen LogP contribution >= 0.6 is 0 Å². The van der Waals surface area contributed by atoms with Gasteiger partial charge in [-0.05, 0) is 67.8 Å². The van der Waals surface area contributed by atoms with Crippen LogP contribution in [0.15, 0.2) is 48.8 Å². The predicted octanol–water partition coefficient (Wildman–Crippen LogP) is 8.18. The number of pyridine rings is 1. The Morgan fingerprint density at radius 3 is 2.45 bits per heavy atom. The third kappa shape index (κ3) is 8.52. The summed E-state index contributed by atoms with van der Waals surface area (Å²) < 4.78 is 55.7. The topological polar surface area (TPSA) is 119 Å². The van der Waals surface area contributed by atoms with Gasteiger partial charge in [-0.1, -0.05) is 25.7 Å². The number of fused-ring (bicyclic) bond motifs is 1. The van der Waals surface area contributed by atoms with E-state index in [1.165, 1.54) is 12.3 Å². The Balaban J connectivity index is 1.47. The minimum absolute atomic E-state index is 0.104. The molecule has 1 fully saturated rings. The van der Waals surface area contributed by atoms with Crippen molar-refractivity contribution in [3.8, 4) is 40.5 Å². The fourth-order valence-corrected chi connectivity index (χ4v) is 6.26. The molecule has 1 saturated heterocycles. The van der Waals surface area contributed by atoms with E-state index in [-0.39, 0.29) is 56.0 Å². The Labute approximate surface area is 286 Å². The summed E-state index contributed by atoms with van der Waals surface area (Å²) in [6.07, 6.45) is 3.44. The molecule has 3 heterocycles. The number of rotatable bonds is 15. The van der Waals surface area contributed by atoms with Crippen LogP contribution in [0.4, 0.5) is 8.78 Å². The minimum atomic E-state index is -1.33. The molecule has 5 rings (SSSR count). The molecule has 9 nitrogen and oxygen atoms in total. The van der Waals surface area contributed by atoms with Gasteiger partial charge in [-0.3, -0.25) is 4.79 Å². The van der Waals surface area contributed by atoms with Crippen molar-refractivity contribution in [2.45, 2.75) is 71.6 Å². The van der Waals surface area contributed by atoms with E-state index in [4.69, 9.17) is 18.9 Å². The summed E-state index contributed by atoms with van der Waals surface area (Å²) in [5, 5.41) is 19.7. The van der Waals surface area contributed by atoms with Crippen molar-refractivity contribution in [2.24, 2.45) is 5.41 Å². The molecule has 0 unspecified atom stereocenters. The van der Waals surface area contributed by atoms with Crippen LogP contribution < -0.4 is 9.47 Å². The number of halogens is 2. The predicted molar refractivity (Wildman–Crippen MR) is 183 cm³/mol. The van der Waals surface area contributed by atoms with Crippen molar-refractivity contribution in [1.29, 1.82) is 10.5 Å². The van der Waals surface area contributed by atoms with Crippen LogP contribution in [0, 0.1) is 39.7 Å². The standard InChI is InChI=1S/C37H40F2N4O5Si/c1-24(2)47-32-7-6-26(17-27(32)18-40)29-19-43(23-45-12-13-49(3,4)5)36-34(29)33(9-11-42-36)48-35-30(38)15-25(16-31(35)39)14-28(44)8-10-37(20-41)21-46-22-37/h6-7,9,11,15-17,19,24H,8,10,12-14,21-23H2,1-5H3. The van der Waals surface area contributed by atoms with Crippen LogP contribution in [0.5, 0.6) is 17.2 Å². The van der Waals surface area contributed by atoms with Gasteiger partial charge in [0.25, 0.3) is 0 Å². The first-order chi connectivity index (χ1) is 23.3. The van der Waals surface area contributed by atoms with Crippen LogP contribution in [-0.2, 0) is 27.4 Å². The maximum atomic E-state index is 15.5. The molecule has 0 atom stereocenters. The molecule has 256 valence electrons. The first-order valence-corrected chi connectivity index (χ1v) is 20.0. The largest absolute Gasteiger partial charge is 0.490 e. The number of aromatic nitrogens is 2. The van der Waals surface area contributed by atoms with Gasteiger partial charge in [-0.2, -0.15) is 10.5 Å². The molecule has 0 N–H and O–H groups in total. The number of Topliss-reactive ketones (excluding diaryl/α,β-unsaturated/α-hetero) is 1. The Hall–Kier alpha value is -4.62. The Kier molecular flexibility index (Phi) is 10.8. The maximum Gasteiger partial charge on any atom is 0.198 e. The van der Waals surface area contributed by atoms with E-state index in [0.29, 0.717) is 46.5 Å². The number of ketones is 1. The molecular weight excluding hydrogens is 647 g/mol. The monoisotopic (exact) mass is 686 g/mol. The lowest BCUT2D eigenvalue weighted by atomic mass is 9.82. The highest BCUT2D eigenvalue weighted by atomic mass is 28.3. The number of carbonyl (C=O) groups excluding carboxylic acids is 1. The van der Waals surface area contributed by atoms with Crippen molar-refractivity contribution in [2.75, 3.05) is 19.8 Å². The number of carbonyl (C=O) groups is 1. The lowest BCUT2D eigenvalue weighted by Gasteiger charge is -2.34. The van der Waals surface area contributed by atoms with E-state index in [2.05, 4.69) is 36.8 Å². The number of nitrogens with zero attached hydrogens (tertiary/aromatic N) is 4. The van der Waals surface area contributed by atoms with E-state index in [0.717, 1.165) is 18.2 Å². The van der Waals surface area contributed by atoms with E-state index in [1.54, 1.807) is 16.7 Å². The number of benzene rings is 2. The quantitative estimate of drug-likeness (QED) is 0.0908. The fraction of sp³-hybridized carbons (Fsp3) is 0.405. The number of hydrogen-bond donors (Lipinski definition) is 0. The summed E-state index contributed by atoms with van der Waals surface area (Å²) in [6, 6.07) is 14.3. The lowest BCUT2D eigenvalue weighted by Crippen LogP contribution is -2.41. The number of ether oxygens (including phenoxy) is 4. The van der Waals surface area contributed by atoms with Gasteiger partial charge < -0.3 is 23.5 Å². The summed E-state index contributed by atoms with van der Waals surface area (Å²) in [5.74, 6) is -2.20. The second kappa shape index (κ2) is 14.9. The fourth-order valence-electron chi connectivity index (χ4n) is 5.50. The van der Waals surface area contributed by atoms with Gasteiger partial charge >= 0.3 is 0 Å². The average Bonchev–Trinajstić information content (AvgIpc) is 3.39. The van der Waals surface area contributed by atoms with Gasteiger partial charge in [0.05, 0.1) is 36.3 Å². The molecular formula is C37H40F2N4O5Si. The van der Waals surface area contributed by atoms with Crippen molar-refractivity contribution in [3.63, 3.8) is 0 Å². The zero-order valence-electron chi connectivity index (χ0n) is 28.4. The van der Waals surface area contributed by atoms with Crippen molar-refractivity contribution in [1.82, 2.24) is 9.55 Å². The van der Waals surface area contributed by atoms with Crippen molar-refractivity contribution < 1.29 is 32.5 Å². The van der Waals surface area contributed by atoms with Gasteiger partial charge in [0, 0.05) is 45.5 Å². The molecule has 4 aromatic rings. The smallest absolute Gasteiger partial charge is 0.198 e. The van der Waals surface area contributed by atoms with E-state index in [1.807, 2.05) is 26.1 Å². The third-order valence-corrected chi connectivity index (χ3v) is 9.97. The van der Waals surface area contributed by atoms with Gasteiger partial charge in [0.1, 0.15) is 41.1 Å². The lowest BCUT2D eigenvalue weighted by molar-refractivity contribution is -0.121. The molecule has 12 heteroatoms. The maximum absolute atomic E-state index is 15.5. The van der Waals surface area contributed by atoms with E-state index in [9.17, 15) is 15.3 Å². The Morgan fingerprint density at radius 1 is 1.10 bits per heavy atom. The van der Waals surface area contributed by atoms with Gasteiger partial charge in [0.2, 0.25) is 0 Å². The molecule has 0 spiro atoms. The Morgan fingerprint density at radius 2 is 1.84 bits per heavy atom. The summed E-state index contributed by atoms with van der Waals surface area (Å²) in [5.41, 5.74) is 1.57. The van der Waals surface area contributed by atoms with Crippen LogP contribution in [0.1, 0.15) is 37.8 Å². The first kappa shape index (κ1) is 35.7. The number of hydrogen-bond acceptors (Lipinski definition) is 8. The second-order valence-electron chi connectivity index (χ2n) is 13.9. The molecule has 0 saturated carbocycles. The summed E-state index contributed by atoms with van der Waals surface area (Å²) in [4.78, 5) is 17.2. The highest BCUT2D eigenvalue weighted by Gasteiger charge is 2.39. The van der Waals surface area contributed by atoms with Gasteiger partial charge in [0.15, 0.2) is 17.4 Å². The highest BCUT2D eigenvalue weighted by Crippen LogP contribution is 2.41. The zero-order chi connectivity index (χ0) is 35.3. The zero-order valence-corrected chi connectivity index (χ0v) is 29.4. The molecule has 2 aromatic heterocycles. The van der Waals surface area contributed by atoms with Crippen LogP contribution in [-0.4, -0.2) is 49.3 Å². The molecule has 0 amide bonds. The minimum Gasteiger partial charge on any atom is -0.490 e.